The number of thioether (sulfide) groups is 1. The van der Waals surface area contributed by atoms with E-state index in [1.165, 1.54) is 23.9 Å². The van der Waals surface area contributed by atoms with Crippen LogP contribution in [0.1, 0.15) is 5.56 Å². The first-order chi connectivity index (χ1) is 11.1. The van der Waals surface area contributed by atoms with E-state index >= 15 is 0 Å². The highest BCUT2D eigenvalue weighted by molar-refractivity contribution is 8.18. The molecule has 0 radical (unpaired) electrons. The largest absolute Gasteiger partial charge is 0.497 e. The highest BCUT2D eigenvalue weighted by atomic mass is 32.2. The first-order valence-corrected chi connectivity index (χ1v) is 7.65. The smallest absolute Gasteiger partial charge is 0.264 e. The Labute approximate surface area is 137 Å². The molecular formula is C17H13FN2O2S. The van der Waals surface area contributed by atoms with Gasteiger partial charge in [0.1, 0.15) is 11.6 Å². The zero-order chi connectivity index (χ0) is 16.2. The molecule has 116 valence electrons. The lowest BCUT2D eigenvalue weighted by atomic mass is 10.2. The minimum absolute atomic E-state index is 0.216. The van der Waals surface area contributed by atoms with Gasteiger partial charge in [0.2, 0.25) is 0 Å². The van der Waals surface area contributed by atoms with E-state index in [1.807, 2.05) is 0 Å². The first kappa shape index (κ1) is 15.3. The van der Waals surface area contributed by atoms with Crippen molar-refractivity contribution >= 4 is 34.6 Å². The van der Waals surface area contributed by atoms with Crippen molar-refractivity contribution in [1.29, 1.82) is 0 Å². The van der Waals surface area contributed by atoms with Crippen LogP contribution in [0.25, 0.3) is 6.08 Å². The normalized spacial score (nSPS) is 17.6. The Balaban J connectivity index is 1.78. The number of carbonyl (C=O) groups excluding carboxylic acids is 1. The molecule has 1 aliphatic heterocycles. The Morgan fingerprint density at radius 1 is 1.13 bits per heavy atom. The summed E-state index contributed by atoms with van der Waals surface area (Å²) in [5, 5.41) is 3.22. The molecule has 0 saturated carbocycles. The van der Waals surface area contributed by atoms with Crippen molar-refractivity contribution in [1.82, 2.24) is 5.32 Å². The molecule has 0 bridgehead atoms. The van der Waals surface area contributed by atoms with Crippen molar-refractivity contribution in [2.45, 2.75) is 0 Å². The van der Waals surface area contributed by atoms with Crippen LogP contribution < -0.4 is 10.1 Å². The maximum absolute atomic E-state index is 12.9. The third-order valence-electron chi connectivity index (χ3n) is 3.12. The van der Waals surface area contributed by atoms with E-state index in [0.29, 0.717) is 10.1 Å². The predicted octanol–water partition coefficient (Wildman–Crippen LogP) is 3.73. The van der Waals surface area contributed by atoms with Crippen molar-refractivity contribution < 1.29 is 13.9 Å². The second-order valence-corrected chi connectivity index (χ2v) is 5.76. The highest BCUT2D eigenvalue weighted by Crippen LogP contribution is 2.28. The van der Waals surface area contributed by atoms with Gasteiger partial charge in [-0.3, -0.25) is 4.79 Å². The summed E-state index contributed by atoms with van der Waals surface area (Å²) in [6, 6.07) is 13.2. The molecule has 0 spiro atoms. The number of methoxy groups -OCH3 is 1. The van der Waals surface area contributed by atoms with E-state index in [0.717, 1.165) is 17.0 Å². The van der Waals surface area contributed by atoms with Gasteiger partial charge < -0.3 is 10.1 Å². The fraction of sp³-hybridized carbons (Fsp3) is 0.0588. The number of nitrogens with one attached hydrogen (secondary N) is 1. The Bertz CT molecular complexity index is 783. The highest BCUT2D eigenvalue weighted by Gasteiger charge is 2.23. The molecule has 1 amide bonds. The molecule has 23 heavy (non-hydrogen) atoms. The molecule has 0 unspecified atom stereocenters. The number of halogens is 1. The summed E-state index contributed by atoms with van der Waals surface area (Å²) in [6.07, 6.45) is 1.70. The zero-order valence-electron chi connectivity index (χ0n) is 12.2. The Hall–Kier alpha value is -2.60. The summed E-state index contributed by atoms with van der Waals surface area (Å²) in [7, 11) is 1.60. The fourth-order valence-corrected chi connectivity index (χ4v) is 2.81. The average Bonchev–Trinajstić information content (AvgIpc) is 2.90. The minimum atomic E-state index is -0.308. The molecule has 0 aromatic heterocycles. The van der Waals surface area contributed by atoms with E-state index in [2.05, 4.69) is 10.3 Å². The van der Waals surface area contributed by atoms with Crippen LogP contribution in [0.15, 0.2) is 58.4 Å². The van der Waals surface area contributed by atoms with Gasteiger partial charge in [0.25, 0.3) is 5.91 Å². The third-order valence-corrected chi connectivity index (χ3v) is 4.03. The van der Waals surface area contributed by atoms with Gasteiger partial charge in [0, 0.05) is 0 Å². The number of amidine groups is 1. The monoisotopic (exact) mass is 328 g/mol. The molecule has 1 fully saturated rings. The van der Waals surface area contributed by atoms with Crippen molar-refractivity contribution in [3.8, 4) is 5.75 Å². The van der Waals surface area contributed by atoms with Crippen LogP contribution in [0, 0.1) is 5.82 Å². The van der Waals surface area contributed by atoms with Gasteiger partial charge in [-0.2, -0.15) is 0 Å². The molecule has 0 atom stereocenters. The Morgan fingerprint density at radius 2 is 1.83 bits per heavy atom. The summed E-state index contributed by atoms with van der Waals surface area (Å²) in [4.78, 5) is 16.9. The standard InChI is InChI=1S/C17H13FN2O2S/c1-22-14-8-6-13(7-9-14)19-17-20-16(21)15(23-17)10-11-2-4-12(18)5-3-11/h2-10H,1H3,(H,19,20,21)/b15-10-. The minimum Gasteiger partial charge on any atom is -0.497 e. The molecular weight excluding hydrogens is 315 g/mol. The van der Waals surface area contributed by atoms with Gasteiger partial charge in [-0.25, -0.2) is 9.38 Å². The molecule has 0 aliphatic carbocycles. The second kappa shape index (κ2) is 6.66. The summed E-state index contributed by atoms with van der Waals surface area (Å²) in [5.74, 6) is 0.220. The summed E-state index contributed by atoms with van der Waals surface area (Å²) < 4.78 is 18.0. The van der Waals surface area contributed by atoms with Crippen LogP contribution in [0.2, 0.25) is 0 Å². The van der Waals surface area contributed by atoms with E-state index in [4.69, 9.17) is 4.74 Å². The van der Waals surface area contributed by atoms with E-state index in [-0.39, 0.29) is 11.7 Å². The Kier molecular flexibility index (Phi) is 4.43. The number of rotatable bonds is 3. The quantitative estimate of drug-likeness (QED) is 0.874. The lowest BCUT2D eigenvalue weighted by Crippen LogP contribution is -2.19. The van der Waals surface area contributed by atoms with Crippen molar-refractivity contribution in [3.05, 3.63) is 64.8 Å². The van der Waals surface area contributed by atoms with Gasteiger partial charge in [-0.1, -0.05) is 12.1 Å². The van der Waals surface area contributed by atoms with Crippen LogP contribution in [-0.2, 0) is 4.79 Å². The fourth-order valence-electron chi connectivity index (χ4n) is 1.96. The summed E-state index contributed by atoms with van der Waals surface area (Å²) in [6.45, 7) is 0. The zero-order valence-corrected chi connectivity index (χ0v) is 13.1. The number of benzene rings is 2. The predicted molar refractivity (Wildman–Crippen MR) is 90.2 cm³/mol. The van der Waals surface area contributed by atoms with Crippen LogP contribution >= 0.6 is 11.8 Å². The number of carbonyl (C=O) groups is 1. The molecule has 1 aliphatic rings. The molecule has 1 saturated heterocycles. The van der Waals surface area contributed by atoms with Crippen molar-refractivity contribution in [3.63, 3.8) is 0 Å². The number of amides is 1. The molecule has 3 rings (SSSR count). The SMILES string of the molecule is COc1ccc(N=C2NC(=O)/C(=C/c3ccc(F)cc3)S2)cc1. The van der Waals surface area contributed by atoms with Crippen LogP contribution in [0.4, 0.5) is 10.1 Å². The maximum atomic E-state index is 12.9. The van der Waals surface area contributed by atoms with Crippen molar-refractivity contribution in [2.75, 3.05) is 7.11 Å². The van der Waals surface area contributed by atoms with Gasteiger partial charge >= 0.3 is 0 Å². The molecule has 1 N–H and O–H groups in total. The third kappa shape index (κ3) is 3.78. The lowest BCUT2D eigenvalue weighted by molar-refractivity contribution is -0.115. The van der Waals surface area contributed by atoms with Crippen LogP contribution in [0.5, 0.6) is 5.75 Å². The number of hydrogen-bond donors (Lipinski definition) is 1. The first-order valence-electron chi connectivity index (χ1n) is 6.83. The van der Waals surface area contributed by atoms with E-state index < -0.39 is 0 Å². The number of ether oxygens (including phenoxy) is 1. The number of nitrogens with zero attached hydrogens (tertiary/aromatic N) is 1. The maximum Gasteiger partial charge on any atom is 0.264 e. The summed E-state index contributed by atoms with van der Waals surface area (Å²) in [5.41, 5.74) is 1.48. The molecule has 6 heteroatoms. The average molecular weight is 328 g/mol. The number of aliphatic imine (C=N–C) groups is 1. The topological polar surface area (TPSA) is 50.7 Å². The van der Waals surface area contributed by atoms with Gasteiger partial charge in [0.15, 0.2) is 5.17 Å². The van der Waals surface area contributed by atoms with E-state index in [1.54, 1.807) is 49.6 Å². The van der Waals surface area contributed by atoms with Crippen LogP contribution in [0.3, 0.4) is 0 Å². The van der Waals surface area contributed by atoms with E-state index in [9.17, 15) is 9.18 Å². The summed E-state index contributed by atoms with van der Waals surface area (Å²) >= 11 is 1.25. The van der Waals surface area contributed by atoms with Crippen molar-refractivity contribution in [2.24, 2.45) is 4.99 Å². The molecule has 2 aromatic rings. The van der Waals surface area contributed by atoms with Gasteiger partial charge in [-0.15, -0.1) is 0 Å². The van der Waals surface area contributed by atoms with Gasteiger partial charge in [0.05, 0.1) is 17.7 Å². The second-order valence-electron chi connectivity index (χ2n) is 4.73. The molecule has 2 aromatic carbocycles. The molecule has 1 heterocycles. The molecule has 4 nitrogen and oxygen atoms in total. The number of hydrogen-bond acceptors (Lipinski definition) is 4. The van der Waals surface area contributed by atoms with Crippen LogP contribution in [-0.4, -0.2) is 18.2 Å². The Morgan fingerprint density at radius 3 is 2.48 bits per heavy atom. The van der Waals surface area contributed by atoms with Gasteiger partial charge in [-0.05, 0) is 59.8 Å². The lowest BCUT2D eigenvalue weighted by Gasteiger charge is -1.99.